The number of aromatic nitrogens is 2. The molecule has 2 rings (SSSR count). The highest BCUT2D eigenvalue weighted by molar-refractivity contribution is 7.15. The molecule has 0 spiro atoms. The van der Waals surface area contributed by atoms with Crippen molar-refractivity contribution in [3.63, 3.8) is 0 Å². The number of hydrogen-bond acceptors (Lipinski definition) is 5. The maximum atomic E-state index is 5.74. The number of methoxy groups -OCH3 is 1. The number of rotatable bonds is 5. The standard InChI is InChI=1S/C13H17N3OS/c1-3-9-5-4-6-15-12(9)13-16-10(8-17-2)11(7-14)18-13/h4-6H,3,7-8,14H2,1-2H3. The van der Waals surface area contributed by atoms with Gasteiger partial charge in [-0.1, -0.05) is 13.0 Å². The zero-order valence-corrected chi connectivity index (χ0v) is 11.5. The zero-order valence-electron chi connectivity index (χ0n) is 10.6. The number of nitrogens with two attached hydrogens (primary N) is 1. The lowest BCUT2D eigenvalue weighted by atomic mass is 10.1. The Morgan fingerprint density at radius 1 is 1.44 bits per heavy atom. The Morgan fingerprint density at radius 3 is 2.94 bits per heavy atom. The van der Waals surface area contributed by atoms with Crippen LogP contribution in [0.15, 0.2) is 18.3 Å². The summed E-state index contributed by atoms with van der Waals surface area (Å²) in [5.74, 6) is 0. The fourth-order valence-corrected chi connectivity index (χ4v) is 2.79. The molecule has 0 aliphatic rings. The molecule has 0 bridgehead atoms. The van der Waals surface area contributed by atoms with Crippen molar-refractivity contribution in [2.75, 3.05) is 7.11 Å². The van der Waals surface area contributed by atoms with Crippen molar-refractivity contribution in [2.24, 2.45) is 5.73 Å². The molecule has 0 aliphatic heterocycles. The molecule has 0 aliphatic carbocycles. The van der Waals surface area contributed by atoms with Crippen LogP contribution in [0.2, 0.25) is 0 Å². The van der Waals surface area contributed by atoms with Crippen molar-refractivity contribution in [2.45, 2.75) is 26.5 Å². The van der Waals surface area contributed by atoms with E-state index >= 15 is 0 Å². The fourth-order valence-electron chi connectivity index (χ4n) is 1.81. The molecule has 4 nitrogen and oxygen atoms in total. The Labute approximate surface area is 111 Å². The molecule has 0 saturated carbocycles. The quantitative estimate of drug-likeness (QED) is 0.899. The van der Waals surface area contributed by atoms with Crippen LogP contribution >= 0.6 is 11.3 Å². The van der Waals surface area contributed by atoms with E-state index in [2.05, 4.69) is 23.0 Å². The second-order valence-corrected chi connectivity index (χ2v) is 4.97. The summed E-state index contributed by atoms with van der Waals surface area (Å²) in [7, 11) is 1.66. The van der Waals surface area contributed by atoms with Gasteiger partial charge < -0.3 is 10.5 Å². The highest BCUT2D eigenvalue weighted by Gasteiger charge is 2.14. The minimum Gasteiger partial charge on any atom is -0.378 e. The van der Waals surface area contributed by atoms with Gasteiger partial charge in [-0.05, 0) is 18.1 Å². The van der Waals surface area contributed by atoms with E-state index in [0.29, 0.717) is 13.2 Å². The first-order valence-corrected chi connectivity index (χ1v) is 6.73. The molecular weight excluding hydrogens is 246 g/mol. The van der Waals surface area contributed by atoms with Crippen LogP contribution in [0.3, 0.4) is 0 Å². The summed E-state index contributed by atoms with van der Waals surface area (Å²) in [5.41, 5.74) is 8.83. The molecule has 2 N–H and O–H groups in total. The maximum absolute atomic E-state index is 5.74. The lowest BCUT2D eigenvalue weighted by Gasteiger charge is -2.02. The highest BCUT2D eigenvalue weighted by atomic mass is 32.1. The normalized spacial score (nSPS) is 10.8. The van der Waals surface area contributed by atoms with E-state index in [9.17, 15) is 0 Å². The molecule has 0 atom stereocenters. The Kier molecular flexibility index (Phi) is 4.41. The van der Waals surface area contributed by atoms with Gasteiger partial charge in [-0.15, -0.1) is 11.3 Å². The summed E-state index contributed by atoms with van der Waals surface area (Å²) in [6.45, 7) is 3.11. The van der Waals surface area contributed by atoms with Gasteiger partial charge in [0.1, 0.15) is 10.7 Å². The van der Waals surface area contributed by atoms with Crippen LogP contribution in [-0.4, -0.2) is 17.1 Å². The molecule has 2 aromatic heterocycles. The number of thiazole rings is 1. The lowest BCUT2D eigenvalue weighted by Crippen LogP contribution is -1.99. The van der Waals surface area contributed by atoms with E-state index < -0.39 is 0 Å². The van der Waals surface area contributed by atoms with Gasteiger partial charge in [-0.2, -0.15) is 0 Å². The molecule has 2 heterocycles. The third kappa shape index (κ3) is 2.58. The molecule has 0 radical (unpaired) electrons. The Morgan fingerprint density at radius 2 is 2.28 bits per heavy atom. The highest BCUT2D eigenvalue weighted by Crippen LogP contribution is 2.29. The third-order valence-corrected chi connectivity index (χ3v) is 3.85. The molecule has 0 amide bonds. The van der Waals surface area contributed by atoms with Crippen LogP contribution in [0.5, 0.6) is 0 Å². The molecule has 0 fully saturated rings. The minimum absolute atomic E-state index is 0.491. The number of nitrogens with zero attached hydrogens (tertiary/aromatic N) is 2. The van der Waals surface area contributed by atoms with Gasteiger partial charge in [0, 0.05) is 24.7 Å². The van der Waals surface area contributed by atoms with Crippen molar-refractivity contribution in [3.8, 4) is 10.7 Å². The average molecular weight is 263 g/mol. The average Bonchev–Trinajstić information content (AvgIpc) is 2.82. The summed E-state index contributed by atoms with van der Waals surface area (Å²) < 4.78 is 5.14. The fraction of sp³-hybridized carbons (Fsp3) is 0.385. The van der Waals surface area contributed by atoms with Crippen molar-refractivity contribution in [3.05, 3.63) is 34.5 Å². The van der Waals surface area contributed by atoms with Gasteiger partial charge in [-0.3, -0.25) is 4.98 Å². The number of aryl methyl sites for hydroxylation is 1. The van der Waals surface area contributed by atoms with Gasteiger partial charge in [-0.25, -0.2) is 4.98 Å². The third-order valence-electron chi connectivity index (χ3n) is 2.72. The van der Waals surface area contributed by atoms with Crippen LogP contribution < -0.4 is 5.73 Å². The summed E-state index contributed by atoms with van der Waals surface area (Å²) in [5, 5.41) is 0.931. The van der Waals surface area contributed by atoms with Crippen LogP contribution in [0.25, 0.3) is 10.7 Å². The predicted molar refractivity (Wildman–Crippen MR) is 73.3 cm³/mol. The molecule has 18 heavy (non-hydrogen) atoms. The van der Waals surface area contributed by atoms with Crippen molar-refractivity contribution >= 4 is 11.3 Å². The summed E-state index contributed by atoms with van der Waals surface area (Å²) in [6, 6.07) is 4.04. The van der Waals surface area contributed by atoms with Gasteiger partial charge in [0.05, 0.1) is 12.3 Å². The van der Waals surface area contributed by atoms with E-state index in [1.54, 1.807) is 24.6 Å². The van der Waals surface area contributed by atoms with E-state index in [-0.39, 0.29) is 0 Å². The molecule has 0 saturated heterocycles. The number of pyridine rings is 1. The first-order valence-electron chi connectivity index (χ1n) is 5.92. The Hall–Kier alpha value is -1.30. The summed E-state index contributed by atoms with van der Waals surface area (Å²) in [6.07, 6.45) is 2.74. The largest absolute Gasteiger partial charge is 0.378 e. The summed E-state index contributed by atoms with van der Waals surface area (Å²) >= 11 is 1.60. The molecule has 2 aromatic rings. The SMILES string of the molecule is CCc1cccnc1-c1nc(COC)c(CN)s1. The Bertz CT molecular complexity index is 525. The monoisotopic (exact) mass is 263 g/mol. The topological polar surface area (TPSA) is 61.0 Å². The smallest absolute Gasteiger partial charge is 0.142 e. The second kappa shape index (κ2) is 6.04. The van der Waals surface area contributed by atoms with E-state index in [0.717, 1.165) is 27.7 Å². The van der Waals surface area contributed by atoms with Crippen LogP contribution in [0.1, 0.15) is 23.1 Å². The van der Waals surface area contributed by atoms with Gasteiger partial charge >= 0.3 is 0 Å². The minimum atomic E-state index is 0.491. The summed E-state index contributed by atoms with van der Waals surface area (Å²) in [4.78, 5) is 10.1. The van der Waals surface area contributed by atoms with Gasteiger partial charge in [0.25, 0.3) is 0 Å². The van der Waals surface area contributed by atoms with Gasteiger partial charge in [0.2, 0.25) is 0 Å². The van der Waals surface area contributed by atoms with Crippen molar-refractivity contribution in [1.29, 1.82) is 0 Å². The predicted octanol–water partition coefficient (Wildman–Crippen LogP) is 2.37. The maximum Gasteiger partial charge on any atom is 0.142 e. The van der Waals surface area contributed by atoms with Crippen LogP contribution in [0, 0.1) is 0 Å². The Balaban J connectivity index is 2.44. The van der Waals surface area contributed by atoms with E-state index in [1.807, 2.05) is 6.07 Å². The molecule has 0 unspecified atom stereocenters. The molecular formula is C13H17N3OS. The van der Waals surface area contributed by atoms with Crippen LogP contribution in [0.4, 0.5) is 0 Å². The molecule has 96 valence electrons. The van der Waals surface area contributed by atoms with Crippen molar-refractivity contribution in [1.82, 2.24) is 9.97 Å². The number of hydrogen-bond donors (Lipinski definition) is 1. The second-order valence-electron chi connectivity index (χ2n) is 3.89. The first kappa shape index (κ1) is 13.1. The zero-order chi connectivity index (χ0) is 13.0. The number of ether oxygens (including phenoxy) is 1. The van der Waals surface area contributed by atoms with Gasteiger partial charge in [0.15, 0.2) is 0 Å². The van der Waals surface area contributed by atoms with E-state index in [1.165, 1.54) is 5.56 Å². The van der Waals surface area contributed by atoms with E-state index in [4.69, 9.17) is 10.5 Å². The van der Waals surface area contributed by atoms with Crippen molar-refractivity contribution < 1.29 is 4.74 Å². The van der Waals surface area contributed by atoms with Crippen LogP contribution in [-0.2, 0) is 24.3 Å². The molecule has 5 heteroatoms. The lowest BCUT2D eigenvalue weighted by molar-refractivity contribution is 0.181. The first-order chi connectivity index (χ1) is 8.80. The molecule has 0 aromatic carbocycles.